The normalized spacial score (nSPS) is 21.7. The van der Waals surface area contributed by atoms with Crippen molar-refractivity contribution in [2.45, 2.75) is 39.5 Å². The van der Waals surface area contributed by atoms with E-state index in [0.29, 0.717) is 3.88 Å². The third kappa shape index (κ3) is 2.70. The molecule has 2 aliphatic carbocycles. The van der Waals surface area contributed by atoms with Crippen molar-refractivity contribution in [1.82, 2.24) is 0 Å². The van der Waals surface area contributed by atoms with Crippen LogP contribution in [0.2, 0.25) is 0 Å². The third-order valence-electron chi connectivity index (χ3n) is 4.29. The Bertz CT molecular complexity index is 495. The van der Waals surface area contributed by atoms with E-state index in [4.69, 9.17) is 9.96 Å². The van der Waals surface area contributed by atoms with Crippen LogP contribution in [-0.2, 0) is 42.1 Å². The quantitative estimate of drug-likeness (QED) is 0.526. The first-order valence-corrected chi connectivity index (χ1v) is 9.58. The molecule has 21 heavy (non-hydrogen) atoms. The van der Waals surface area contributed by atoms with Gasteiger partial charge in [0.2, 0.25) is 0 Å². The van der Waals surface area contributed by atoms with Gasteiger partial charge in [-0.1, -0.05) is 0 Å². The van der Waals surface area contributed by atoms with Crippen molar-refractivity contribution in [3.8, 4) is 0 Å². The van der Waals surface area contributed by atoms with Gasteiger partial charge in [0.25, 0.3) is 0 Å². The van der Waals surface area contributed by atoms with E-state index in [0.717, 1.165) is 36.8 Å². The molecular formula is C14H18O6Ti. The molecule has 0 saturated heterocycles. The standard InChI is InChI=1S/C11H15.3CH2O2.Ti/c1-8-7-10-5-3-4-6-11(10)9(8)2;3*2-1-3;/h9H,3-6H2,1-2H3;3*1H,(H,2,3);/q;;;;+3/p-3. The first-order chi connectivity index (χ1) is 10.1. The molecule has 114 valence electrons. The maximum absolute atomic E-state index is 10.9. The van der Waals surface area contributed by atoms with Crippen LogP contribution in [-0.4, -0.2) is 19.4 Å². The zero-order chi connectivity index (χ0) is 15.5. The van der Waals surface area contributed by atoms with Gasteiger partial charge in [-0.05, 0) is 0 Å². The van der Waals surface area contributed by atoms with Gasteiger partial charge in [-0.2, -0.15) is 0 Å². The average molecular weight is 330 g/mol. The van der Waals surface area contributed by atoms with Crippen LogP contribution in [0.5, 0.6) is 0 Å². The van der Waals surface area contributed by atoms with E-state index in [2.05, 4.69) is 6.92 Å². The Hall–Kier alpha value is -1.40. The topological polar surface area (TPSA) is 78.9 Å². The molecule has 1 unspecified atom stereocenters. The molecule has 0 aromatic carbocycles. The predicted octanol–water partition coefficient (Wildman–Crippen LogP) is 2.20. The number of hydrogen-bond donors (Lipinski definition) is 0. The van der Waals surface area contributed by atoms with Gasteiger partial charge < -0.3 is 0 Å². The number of rotatable bonds is 7. The summed E-state index contributed by atoms with van der Waals surface area (Å²) in [6.45, 7) is 4.56. The zero-order valence-electron chi connectivity index (χ0n) is 12.1. The number of carbonyl (C=O) groups is 3. The first kappa shape index (κ1) is 16.0. The first-order valence-electron chi connectivity index (χ1n) is 6.89. The van der Waals surface area contributed by atoms with Crippen LogP contribution in [0.1, 0.15) is 39.5 Å². The van der Waals surface area contributed by atoms with Crippen molar-refractivity contribution in [2.75, 3.05) is 0 Å². The molecule has 0 bridgehead atoms. The van der Waals surface area contributed by atoms with Crippen LogP contribution in [0, 0.1) is 5.92 Å². The molecule has 0 aromatic rings. The molecule has 0 fully saturated rings. The monoisotopic (exact) mass is 330 g/mol. The summed E-state index contributed by atoms with van der Waals surface area (Å²) in [5, 5.41) is 0. The molecule has 0 aliphatic heterocycles. The second kappa shape index (κ2) is 6.58. The fourth-order valence-corrected chi connectivity index (χ4v) is 6.81. The molecular weight excluding hydrogens is 312 g/mol. The summed E-state index contributed by atoms with van der Waals surface area (Å²) in [4.78, 5) is 32.6. The van der Waals surface area contributed by atoms with Gasteiger partial charge in [0.05, 0.1) is 0 Å². The molecule has 0 spiro atoms. The second-order valence-corrected chi connectivity index (χ2v) is 8.81. The average Bonchev–Trinajstić information content (AvgIpc) is 2.73. The van der Waals surface area contributed by atoms with E-state index in [1.807, 2.05) is 6.92 Å². The van der Waals surface area contributed by atoms with Gasteiger partial charge in [0, 0.05) is 0 Å². The van der Waals surface area contributed by atoms with E-state index in [1.54, 1.807) is 0 Å². The zero-order valence-corrected chi connectivity index (χ0v) is 13.6. The Morgan fingerprint density at radius 2 is 1.52 bits per heavy atom. The summed E-state index contributed by atoms with van der Waals surface area (Å²) < 4.78 is 15.9. The molecule has 2 aliphatic rings. The Morgan fingerprint density at radius 1 is 1.00 bits per heavy atom. The van der Waals surface area contributed by atoms with Crippen molar-refractivity contribution in [1.29, 1.82) is 0 Å². The van der Waals surface area contributed by atoms with Gasteiger partial charge in [-0.3, -0.25) is 0 Å². The number of allylic oxidation sites excluding steroid dienone is 4. The second-order valence-electron chi connectivity index (χ2n) is 5.19. The molecule has 0 heterocycles. The summed E-state index contributed by atoms with van der Waals surface area (Å²) in [5.74, 6) is 0.195. The fraction of sp³-hybridized carbons (Fsp3) is 0.500. The molecule has 0 aromatic heterocycles. The van der Waals surface area contributed by atoms with E-state index in [1.165, 1.54) is 5.57 Å². The van der Waals surface area contributed by atoms with Gasteiger partial charge in [0.1, 0.15) is 0 Å². The van der Waals surface area contributed by atoms with Crippen LogP contribution >= 0.6 is 0 Å². The Labute approximate surface area is 127 Å². The van der Waals surface area contributed by atoms with Gasteiger partial charge in [0.15, 0.2) is 0 Å². The minimum absolute atomic E-state index is 0.194. The maximum atomic E-state index is 10.9. The molecule has 2 rings (SSSR count). The fourth-order valence-electron chi connectivity index (χ4n) is 3.28. The number of carbonyl (C=O) groups excluding carboxylic acids is 3. The van der Waals surface area contributed by atoms with Crippen molar-refractivity contribution < 1.29 is 42.1 Å². The molecule has 7 heteroatoms. The minimum atomic E-state index is -4.47. The third-order valence-corrected chi connectivity index (χ3v) is 8.24. The van der Waals surface area contributed by atoms with Gasteiger partial charge in [-0.15, -0.1) is 0 Å². The predicted molar refractivity (Wildman–Crippen MR) is 68.8 cm³/mol. The summed E-state index contributed by atoms with van der Waals surface area (Å²) >= 11 is -4.47. The number of hydrogen-bond acceptors (Lipinski definition) is 6. The summed E-state index contributed by atoms with van der Waals surface area (Å²) in [6.07, 6.45) is 3.93. The molecule has 0 saturated carbocycles. The van der Waals surface area contributed by atoms with E-state index in [9.17, 15) is 14.4 Å². The van der Waals surface area contributed by atoms with Crippen molar-refractivity contribution >= 4 is 19.4 Å². The Kier molecular flexibility index (Phi) is 5.01. The van der Waals surface area contributed by atoms with E-state index < -0.39 is 17.8 Å². The van der Waals surface area contributed by atoms with Crippen molar-refractivity contribution in [2.24, 2.45) is 5.92 Å². The summed E-state index contributed by atoms with van der Waals surface area (Å²) in [5.41, 5.74) is 3.30. The van der Waals surface area contributed by atoms with Gasteiger partial charge in [-0.25, -0.2) is 0 Å². The van der Waals surface area contributed by atoms with Crippen LogP contribution in [0.25, 0.3) is 0 Å². The summed E-state index contributed by atoms with van der Waals surface area (Å²) in [7, 11) is 0. The molecule has 0 amide bonds. The molecule has 0 N–H and O–H groups in total. The SMILES string of the molecule is CC1=[C]([Ti]([O]C=O)([O]C=O)[O]C=O)C2=C(CCCC2)C1C. The van der Waals surface area contributed by atoms with Crippen LogP contribution in [0.3, 0.4) is 0 Å². The van der Waals surface area contributed by atoms with Crippen LogP contribution < -0.4 is 0 Å². The Balaban J connectivity index is 2.56. The molecule has 6 nitrogen and oxygen atoms in total. The molecule has 1 atom stereocenters. The van der Waals surface area contributed by atoms with E-state index >= 15 is 0 Å². The van der Waals surface area contributed by atoms with E-state index in [-0.39, 0.29) is 25.3 Å². The van der Waals surface area contributed by atoms with Crippen molar-refractivity contribution in [3.05, 3.63) is 20.6 Å². The van der Waals surface area contributed by atoms with Crippen LogP contribution in [0.4, 0.5) is 0 Å². The summed E-state index contributed by atoms with van der Waals surface area (Å²) in [6, 6.07) is 0. The Morgan fingerprint density at radius 3 is 2.05 bits per heavy atom. The van der Waals surface area contributed by atoms with Crippen LogP contribution in [0.15, 0.2) is 20.6 Å². The van der Waals surface area contributed by atoms with Gasteiger partial charge >= 0.3 is 128 Å². The van der Waals surface area contributed by atoms with Crippen molar-refractivity contribution in [3.63, 3.8) is 0 Å². The molecule has 0 radical (unpaired) electrons.